The van der Waals surface area contributed by atoms with Crippen molar-refractivity contribution < 1.29 is 9.31 Å². The molecule has 2 heterocycles. The van der Waals surface area contributed by atoms with Crippen LogP contribution in [0.25, 0.3) is 11.1 Å². The van der Waals surface area contributed by atoms with Crippen LogP contribution in [0, 0.1) is 0 Å². The minimum atomic E-state index is -0.482. The van der Waals surface area contributed by atoms with Crippen LogP contribution in [0.1, 0.15) is 49.9 Å². The predicted octanol–water partition coefficient (Wildman–Crippen LogP) is 8.13. The Morgan fingerprint density at radius 1 is 0.512 bits per heavy atom. The molecule has 3 aliphatic rings. The molecule has 0 radical (unpaired) electrons. The summed E-state index contributed by atoms with van der Waals surface area (Å²) in [5.41, 5.74) is 11.0. The van der Waals surface area contributed by atoms with Gasteiger partial charge in [-0.15, -0.1) is 0 Å². The summed E-state index contributed by atoms with van der Waals surface area (Å²) < 4.78 is 13.1. The van der Waals surface area contributed by atoms with Crippen molar-refractivity contribution >= 4 is 29.6 Å². The Morgan fingerprint density at radius 2 is 1.02 bits per heavy atom. The van der Waals surface area contributed by atoms with Gasteiger partial charge < -0.3 is 14.2 Å². The van der Waals surface area contributed by atoms with Crippen LogP contribution in [0.15, 0.2) is 121 Å². The Kier molecular flexibility index (Phi) is 5.08. The molecule has 41 heavy (non-hydrogen) atoms. The van der Waals surface area contributed by atoms with Crippen LogP contribution in [0.2, 0.25) is 0 Å². The molecule has 0 atom stereocenters. The summed E-state index contributed by atoms with van der Waals surface area (Å²) in [5, 5.41) is 0. The van der Waals surface area contributed by atoms with E-state index in [2.05, 4.69) is 154 Å². The lowest BCUT2D eigenvalue weighted by Crippen LogP contribution is -2.41. The van der Waals surface area contributed by atoms with Crippen LogP contribution in [0.4, 0.5) is 17.1 Å². The number of nitrogens with zero attached hydrogens (tertiary/aromatic N) is 1. The highest BCUT2D eigenvalue weighted by Crippen LogP contribution is 2.63. The molecule has 5 aromatic rings. The van der Waals surface area contributed by atoms with E-state index in [1.54, 1.807) is 0 Å². The summed E-state index contributed by atoms with van der Waals surface area (Å²) in [6.07, 6.45) is 0. The van der Waals surface area contributed by atoms with E-state index < -0.39 is 23.7 Å². The lowest BCUT2D eigenvalue weighted by atomic mass is 9.63. The molecule has 8 rings (SSSR count). The van der Waals surface area contributed by atoms with Crippen molar-refractivity contribution in [1.82, 2.24) is 0 Å². The van der Waals surface area contributed by atoms with Crippen LogP contribution >= 0.6 is 0 Å². The number of benzene rings is 5. The summed E-state index contributed by atoms with van der Waals surface area (Å²) in [7, 11) is -0.430. The summed E-state index contributed by atoms with van der Waals surface area (Å²) in [6.45, 7) is 8.46. The molecule has 2 aliphatic heterocycles. The minimum absolute atomic E-state index is 0.405. The predicted molar refractivity (Wildman–Crippen MR) is 168 cm³/mol. The van der Waals surface area contributed by atoms with Crippen molar-refractivity contribution in [1.29, 1.82) is 0 Å². The molecule has 0 bridgehead atoms. The van der Waals surface area contributed by atoms with Crippen LogP contribution in [-0.2, 0) is 14.7 Å². The zero-order valence-corrected chi connectivity index (χ0v) is 23.9. The molecule has 3 nitrogen and oxygen atoms in total. The van der Waals surface area contributed by atoms with Gasteiger partial charge in [-0.05, 0) is 90.8 Å². The zero-order valence-electron chi connectivity index (χ0n) is 23.9. The average Bonchev–Trinajstić information content (AvgIpc) is 3.40. The molecule has 0 aromatic heterocycles. The molecular formula is C37H32BNO2. The van der Waals surface area contributed by atoms with Crippen molar-refractivity contribution in [3.8, 4) is 11.1 Å². The highest BCUT2D eigenvalue weighted by Gasteiger charge is 2.54. The standard InChI is InChI=1S/C37H32BNO2/c1-35(2)36(3,4)41-38(40-35)25-22-23-28-27-16-8-9-17-29(27)37(32(28)24-25)30-18-10-12-20-33(30)39(26-14-6-5-7-15-26)34-21-13-11-19-31(34)37/h5-24H,1-4H3. The lowest BCUT2D eigenvalue weighted by Gasteiger charge is -2.45. The van der Waals surface area contributed by atoms with Gasteiger partial charge in [0.15, 0.2) is 0 Å². The molecule has 0 N–H and O–H groups in total. The molecule has 0 unspecified atom stereocenters. The summed E-state index contributed by atoms with van der Waals surface area (Å²) in [5.74, 6) is 0. The van der Waals surface area contributed by atoms with Gasteiger partial charge in [0.1, 0.15) is 0 Å². The van der Waals surface area contributed by atoms with E-state index >= 15 is 0 Å². The summed E-state index contributed by atoms with van der Waals surface area (Å²) in [4.78, 5) is 2.41. The number of rotatable bonds is 2. The van der Waals surface area contributed by atoms with Gasteiger partial charge in [0.25, 0.3) is 0 Å². The molecule has 1 saturated heterocycles. The molecule has 1 spiro atoms. The third kappa shape index (κ3) is 3.23. The Bertz CT molecular complexity index is 1760. The van der Waals surface area contributed by atoms with Crippen LogP contribution in [0.5, 0.6) is 0 Å². The second kappa shape index (κ2) is 8.45. The Morgan fingerprint density at radius 3 is 1.66 bits per heavy atom. The zero-order chi connectivity index (χ0) is 28.0. The fourth-order valence-corrected chi connectivity index (χ4v) is 7.10. The van der Waals surface area contributed by atoms with Crippen molar-refractivity contribution in [2.45, 2.75) is 44.3 Å². The highest BCUT2D eigenvalue weighted by molar-refractivity contribution is 6.62. The number of anilines is 3. The number of hydrogen-bond acceptors (Lipinski definition) is 3. The van der Waals surface area contributed by atoms with E-state index in [1.807, 2.05) is 0 Å². The van der Waals surface area contributed by atoms with Crippen molar-refractivity contribution in [2.75, 3.05) is 4.90 Å². The molecule has 4 heteroatoms. The molecular weight excluding hydrogens is 501 g/mol. The average molecular weight is 533 g/mol. The van der Waals surface area contributed by atoms with Crippen molar-refractivity contribution in [3.63, 3.8) is 0 Å². The fourth-order valence-electron chi connectivity index (χ4n) is 7.10. The van der Waals surface area contributed by atoms with Crippen LogP contribution in [-0.4, -0.2) is 18.3 Å². The quantitative estimate of drug-likeness (QED) is 0.210. The van der Waals surface area contributed by atoms with Crippen LogP contribution in [0.3, 0.4) is 0 Å². The number of para-hydroxylation sites is 3. The molecule has 1 aliphatic carbocycles. The smallest absolute Gasteiger partial charge is 0.399 e. The first-order valence-electron chi connectivity index (χ1n) is 14.5. The van der Waals surface area contributed by atoms with E-state index in [4.69, 9.17) is 9.31 Å². The largest absolute Gasteiger partial charge is 0.494 e. The molecule has 5 aromatic carbocycles. The van der Waals surface area contributed by atoms with Gasteiger partial charge in [-0.25, -0.2) is 0 Å². The second-order valence-electron chi connectivity index (χ2n) is 12.4. The van der Waals surface area contributed by atoms with Crippen molar-refractivity contribution in [2.24, 2.45) is 0 Å². The van der Waals surface area contributed by atoms with E-state index in [0.717, 1.165) is 11.2 Å². The maximum absolute atomic E-state index is 6.55. The Hall–Kier alpha value is -4.12. The highest BCUT2D eigenvalue weighted by atomic mass is 16.7. The maximum Gasteiger partial charge on any atom is 0.494 e. The van der Waals surface area contributed by atoms with Gasteiger partial charge in [0, 0.05) is 5.69 Å². The third-order valence-electron chi connectivity index (χ3n) is 9.71. The molecule has 0 amide bonds. The van der Waals surface area contributed by atoms with Crippen LogP contribution < -0.4 is 10.4 Å². The monoisotopic (exact) mass is 533 g/mol. The first-order chi connectivity index (χ1) is 19.8. The van der Waals surface area contributed by atoms with Gasteiger partial charge in [0.05, 0.1) is 28.0 Å². The number of hydrogen-bond donors (Lipinski definition) is 0. The minimum Gasteiger partial charge on any atom is -0.399 e. The van der Waals surface area contributed by atoms with Crippen molar-refractivity contribution in [3.05, 3.63) is 144 Å². The van der Waals surface area contributed by atoms with Gasteiger partial charge in [0.2, 0.25) is 0 Å². The Labute approximate surface area is 242 Å². The molecule has 0 saturated carbocycles. The lowest BCUT2D eigenvalue weighted by molar-refractivity contribution is 0.00578. The van der Waals surface area contributed by atoms with Gasteiger partial charge in [-0.1, -0.05) is 97.1 Å². The summed E-state index contributed by atoms with van der Waals surface area (Å²) in [6, 6.07) is 44.2. The second-order valence-corrected chi connectivity index (χ2v) is 12.4. The summed E-state index contributed by atoms with van der Waals surface area (Å²) >= 11 is 0. The Balaban J connectivity index is 1.44. The topological polar surface area (TPSA) is 21.7 Å². The SMILES string of the molecule is CC1(C)OB(c2ccc3c(c2)C2(c4ccccc4-3)c3ccccc3N(c3ccccc3)c3ccccc32)OC1(C)C. The fraction of sp³-hybridized carbons (Fsp3) is 0.189. The van der Waals surface area contributed by atoms with Gasteiger partial charge in [-0.2, -0.15) is 0 Å². The van der Waals surface area contributed by atoms with E-state index in [0.29, 0.717) is 0 Å². The van der Waals surface area contributed by atoms with E-state index in [1.165, 1.54) is 44.8 Å². The first-order valence-corrected chi connectivity index (χ1v) is 14.5. The maximum atomic E-state index is 6.55. The van der Waals surface area contributed by atoms with Gasteiger partial charge in [-0.3, -0.25) is 0 Å². The van der Waals surface area contributed by atoms with E-state index in [9.17, 15) is 0 Å². The molecule has 1 fully saturated rings. The first kappa shape index (κ1) is 24.7. The number of fused-ring (bicyclic) bond motifs is 9. The van der Waals surface area contributed by atoms with Gasteiger partial charge >= 0.3 is 7.12 Å². The third-order valence-corrected chi connectivity index (χ3v) is 9.71. The normalized spacial score (nSPS) is 18.5. The van der Waals surface area contributed by atoms with E-state index in [-0.39, 0.29) is 0 Å². The molecule has 200 valence electrons.